The fraction of sp³-hybridized carbons (Fsp3) is 0.167. The quantitative estimate of drug-likeness (QED) is 0.599. The largest absolute Gasteiger partial charge is 0.383 e. The van der Waals surface area contributed by atoms with Gasteiger partial charge < -0.3 is 20.3 Å². The van der Waals surface area contributed by atoms with Crippen LogP contribution in [-0.4, -0.2) is 37.0 Å². The lowest BCUT2D eigenvalue weighted by molar-refractivity contribution is 0.0674. The van der Waals surface area contributed by atoms with Gasteiger partial charge in [-0.25, -0.2) is 4.39 Å². The van der Waals surface area contributed by atoms with Crippen molar-refractivity contribution in [3.05, 3.63) is 95.3 Å². The first kappa shape index (κ1) is 20.6. The van der Waals surface area contributed by atoms with Crippen LogP contribution in [-0.2, 0) is 4.74 Å². The van der Waals surface area contributed by atoms with Gasteiger partial charge in [-0.05, 0) is 42.5 Å². The Morgan fingerprint density at radius 1 is 1.03 bits per heavy atom. The number of nitrogens with one attached hydrogen (secondary N) is 2. The molecule has 1 aliphatic heterocycles. The Bertz CT molecular complexity index is 1100. The van der Waals surface area contributed by atoms with E-state index in [-0.39, 0.29) is 17.8 Å². The van der Waals surface area contributed by atoms with Crippen LogP contribution in [0.15, 0.2) is 72.8 Å². The van der Waals surface area contributed by atoms with Crippen molar-refractivity contribution in [2.45, 2.75) is 6.17 Å². The normalized spacial score (nSPS) is 15.0. The van der Waals surface area contributed by atoms with E-state index in [0.29, 0.717) is 24.3 Å². The van der Waals surface area contributed by atoms with E-state index in [0.717, 1.165) is 11.3 Å². The molecule has 0 saturated heterocycles. The first-order valence-corrected chi connectivity index (χ1v) is 9.90. The van der Waals surface area contributed by atoms with Gasteiger partial charge in [-0.3, -0.25) is 9.59 Å². The molecule has 4 rings (SSSR count). The molecule has 1 aliphatic rings. The van der Waals surface area contributed by atoms with E-state index in [1.54, 1.807) is 48.4 Å². The average Bonchev–Trinajstić information content (AvgIpc) is 3.05. The molecule has 6 nitrogen and oxygen atoms in total. The molecule has 1 heterocycles. The van der Waals surface area contributed by atoms with Crippen LogP contribution < -0.4 is 10.6 Å². The van der Waals surface area contributed by atoms with E-state index in [1.807, 2.05) is 24.3 Å². The minimum Gasteiger partial charge on any atom is -0.383 e. The number of hydrogen-bond acceptors (Lipinski definition) is 4. The second-order valence-electron chi connectivity index (χ2n) is 7.14. The number of para-hydroxylation sites is 1. The predicted molar refractivity (Wildman–Crippen MR) is 117 cm³/mol. The maximum absolute atomic E-state index is 13.8. The van der Waals surface area contributed by atoms with Crippen LogP contribution in [0, 0.1) is 5.82 Å². The second kappa shape index (κ2) is 8.97. The summed E-state index contributed by atoms with van der Waals surface area (Å²) in [5, 5.41) is 5.94. The van der Waals surface area contributed by atoms with Gasteiger partial charge in [0, 0.05) is 36.0 Å². The van der Waals surface area contributed by atoms with Gasteiger partial charge in [0.2, 0.25) is 0 Å². The molecule has 0 saturated carbocycles. The summed E-state index contributed by atoms with van der Waals surface area (Å²) in [4.78, 5) is 27.0. The van der Waals surface area contributed by atoms with E-state index >= 15 is 0 Å². The summed E-state index contributed by atoms with van der Waals surface area (Å²) < 4.78 is 18.9. The minimum atomic E-state index is -0.491. The molecule has 31 heavy (non-hydrogen) atoms. The van der Waals surface area contributed by atoms with Gasteiger partial charge in [0.25, 0.3) is 11.8 Å². The zero-order valence-corrected chi connectivity index (χ0v) is 17.0. The van der Waals surface area contributed by atoms with Gasteiger partial charge in [0.1, 0.15) is 12.0 Å². The van der Waals surface area contributed by atoms with Crippen LogP contribution in [0.3, 0.4) is 0 Å². The summed E-state index contributed by atoms with van der Waals surface area (Å²) in [6, 6.07) is 20.3. The van der Waals surface area contributed by atoms with Gasteiger partial charge >= 0.3 is 0 Å². The Morgan fingerprint density at radius 3 is 2.48 bits per heavy atom. The fourth-order valence-corrected chi connectivity index (χ4v) is 3.58. The first-order valence-electron chi connectivity index (χ1n) is 9.90. The molecule has 0 radical (unpaired) electrons. The Labute approximate surface area is 179 Å². The summed E-state index contributed by atoms with van der Waals surface area (Å²) in [6.45, 7) is 0.873. The Kier molecular flexibility index (Phi) is 5.95. The summed E-state index contributed by atoms with van der Waals surface area (Å²) in [7, 11) is 1.60. The molecule has 7 heteroatoms. The third-order valence-corrected chi connectivity index (χ3v) is 5.17. The van der Waals surface area contributed by atoms with Gasteiger partial charge in [0.05, 0.1) is 12.3 Å². The number of methoxy groups -OCH3 is 1. The minimum absolute atomic E-state index is 0.0500. The van der Waals surface area contributed by atoms with E-state index < -0.39 is 11.7 Å². The molecule has 0 fully saturated rings. The number of ether oxygens (including phenoxy) is 1. The molecule has 2 amide bonds. The highest BCUT2D eigenvalue weighted by molar-refractivity contribution is 6.04. The van der Waals surface area contributed by atoms with E-state index in [2.05, 4.69) is 10.6 Å². The van der Waals surface area contributed by atoms with Crippen molar-refractivity contribution in [3.63, 3.8) is 0 Å². The SMILES string of the molecule is COCCN1C(=O)c2ccccc2C1Nc1ccc(C(=O)Nc2ccccc2F)cc1. The van der Waals surface area contributed by atoms with Crippen LogP contribution in [0.1, 0.15) is 32.4 Å². The van der Waals surface area contributed by atoms with Crippen LogP contribution in [0.2, 0.25) is 0 Å². The Morgan fingerprint density at radius 2 is 1.74 bits per heavy atom. The molecule has 0 aromatic heterocycles. The van der Waals surface area contributed by atoms with Gasteiger partial charge in [-0.1, -0.05) is 30.3 Å². The molecule has 2 N–H and O–H groups in total. The van der Waals surface area contributed by atoms with Crippen molar-refractivity contribution in [2.24, 2.45) is 0 Å². The smallest absolute Gasteiger partial charge is 0.256 e. The summed E-state index contributed by atoms with van der Waals surface area (Å²) >= 11 is 0. The first-order chi connectivity index (χ1) is 15.1. The van der Waals surface area contributed by atoms with Crippen LogP contribution in [0.25, 0.3) is 0 Å². The number of fused-ring (bicyclic) bond motifs is 1. The highest BCUT2D eigenvalue weighted by Crippen LogP contribution is 2.34. The third-order valence-electron chi connectivity index (χ3n) is 5.17. The molecular formula is C24H22FN3O3. The molecule has 1 atom stereocenters. The monoisotopic (exact) mass is 419 g/mol. The van der Waals surface area contributed by atoms with Crippen molar-refractivity contribution >= 4 is 23.2 Å². The molecule has 0 spiro atoms. The lowest BCUT2D eigenvalue weighted by Crippen LogP contribution is -2.34. The number of nitrogens with zero attached hydrogens (tertiary/aromatic N) is 1. The van der Waals surface area contributed by atoms with Gasteiger partial charge in [-0.2, -0.15) is 0 Å². The van der Waals surface area contributed by atoms with Crippen LogP contribution in [0.4, 0.5) is 15.8 Å². The maximum atomic E-state index is 13.8. The average molecular weight is 419 g/mol. The number of halogens is 1. The van der Waals surface area contributed by atoms with E-state index in [9.17, 15) is 14.0 Å². The Hall–Kier alpha value is -3.71. The van der Waals surface area contributed by atoms with Crippen molar-refractivity contribution in [3.8, 4) is 0 Å². The number of benzene rings is 3. The lowest BCUT2D eigenvalue weighted by atomic mass is 10.1. The second-order valence-corrected chi connectivity index (χ2v) is 7.14. The molecular weight excluding hydrogens is 397 g/mol. The summed E-state index contributed by atoms with van der Waals surface area (Å²) in [5.74, 6) is -0.944. The summed E-state index contributed by atoms with van der Waals surface area (Å²) in [6.07, 6.45) is -0.336. The maximum Gasteiger partial charge on any atom is 0.256 e. The number of amides is 2. The number of rotatable bonds is 7. The zero-order chi connectivity index (χ0) is 21.8. The molecule has 0 bridgehead atoms. The molecule has 0 aliphatic carbocycles. The highest BCUT2D eigenvalue weighted by Gasteiger charge is 2.36. The Balaban J connectivity index is 1.50. The predicted octanol–water partition coefficient (Wildman–Crippen LogP) is 4.29. The molecule has 3 aromatic rings. The molecule has 1 unspecified atom stereocenters. The number of carbonyl (C=O) groups is 2. The topological polar surface area (TPSA) is 70.7 Å². The summed E-state index contributed by atoms with van der Waals surface area (Å²) in [5.41, 5.74) is 2.83. The van der Waals surface area contributed by atoms with Gasteiger partial charge in [-0.15, -0.1) is 0 Å². The fourth-order valence-electron chi connectivity index (χ4n) is 3.58. The highest BCUT2D eigenvalue weighted by atomic mass is 19.1. The lowest BCUT2D eigenvalue weighted by Gasteiger charge is -2.27. The van der Waals surface area contributed by atoms with Crippen LogP contribution in [0.5, 0.6) is 0 Å². The van der Waals surface area contributed by atoms with E-state index in [4.69, 9.17) is 4.74 Å². The van der Waals surface area contributed by atoms with E-state index in [1.165, 1.54) is 12.1 Å². The standard InChI is InChI=1S/C24H22FN3O3/c1-31-15-14-28-22(18-6-2-3-7-19(18)24(28)30)26-17-12-10-16(11-13-17)23(29)27-21-9-5-4-8-20(21)25/h2-13,22,26H,14-15H2,1H3,(H,27,29). The number of anilines is 2. The van der Waals surface area contributed by atoms with Crippen LogP contribution >= 0.6 is 0 Å². The third kappa shape index (κ3) is 4.27. The number of carbonyl (C=O) groups excluding carboxylic acids is 2. The van der Waals surface area contributed by atoms with Crippen molar-refractivity contribution in [2.75, 3.05) is 30.9 Å². The molecule has 3 aromatic carbocycles. The van der Waals surface area contributed by atoms with Crippen molar-refractivity contribution in [1.82, 2.24) is 4.90 Å². The van der Waals surface area contributed by atoms with Gasteiger partial charge in [0.15, 0.2) is 0 Å². The number of hydrogen-bond donors (Lipinski definition) is 2. The zero-order valence-electron chi connectivity index (χ0n) is 17.0. The molecule has 158 valence electrons. The van der Waals surface area contributed by atoms with Crippen molar-refractivity contribution < 1.29 is 18.7 Å². The van der Waals surface area contributed by atoms with Crippen molar-refractivity contribution in [1.29, 1.82) is 0 Å².